The summed E-state index contributed by atoms with van der Waals surface area (Å²) in [5.41, 5.74) is 6.79. The largest absolute Gasteiger partial charge is 0.396 e. The molecule has 0 spiro atoms. The minimum Gasteiger partial charge on any atom is -0.396 e. The molecular weight excluding hydrogens is 259 g/mol. The molecule has 0 saturated carbocycles. The Morgan fingerprint density at radius 1 is 1.50 bits per heavy atom. The van der Waals surface area contributed by atoms with Gasteiger partial charge < -0.3 is 11.1 Å². The van der Waals surface area contributed by atoms with E-state index in [0.717, 1.165) is 0 Å². The van der Waals surface area contributed by atoms with E-state index in [2.05, 4.69) is 10.4 Å². The predicted octanol–water partition coefficient (Wildman–Crippen LogP) is 2.12. The fourth-order valence-corrected chi connectivity index (χ4v) is 2.06. The van der Waals surface area contributed by atoms with Crippen LogP contribution in [0.2, 0.25) is 0 Å². The standard InChI is InChI=1S/C14H17FN4O/c1-3-19-13(12(16)8-17-19)14(20)18-9(2)10-6-4-5-7-11(10)15/h4-9H,3,16H2,1-2H3,(H,18,20). The number of nitrogens with two attached hydrogens (primary N) is 1. The summed E-state index contributed by atoms with van der Waals surface area (Å²) in [6, 6.07) is 5.88. The topological polar surface area (TPSA) is 72.9 Å². The molecule has 0 aliphatic rings. The smallest absolute Gasteiger partial charge is 0.272 e. The number of benzene rings is 1. The molecule has 0 bridgehead atoms. The highest BCUT2D eigenvalue weighted by Gasteiger charge is 2.19. The zero-order chi connectivity index (χ0) is 14.7. The predicted molar refractivity (Wildman–Crippen MR) is 74.6 cm³/mol. The van der Waals surface area contributed by atoms with E-state index in [-0.39, 0.29) is 11.7 Å². The van der Waals surface area contributed by atoms with Gasteiger partial charge in [0.1, 0.15) is 11.5 Å². The Morgan fingerprint density at radius 2 is 2.20 bits per heavy atom. The number of aromatic nitrogens is 2. The fraction of sp³-hybridized carbons (Fsp3) is 0.286. The number of hydrogen-bond acceptors (Lipinski definition) is 3. The van der Waals surface area contributed by atoms with E-state index in [0.29, 0.717) is 23.5 Å². The molecule has 0 fully saturated rings. The Labute approximate surface area is 116 Å². The number of aryl methyl sites for hydroxylation is 1. The second-order valence-electron chi connectivity index (χ2n) is 4.48. The lowest BCUT2D eigenvalue weighted by Gasteiger charge is -2.15. The monoisotopic (exact) mass is 276 g/mol. The van der Waals surface area contributed by atoms with Crippen LogP contribution >= 0.6 is 0 Å². The van der Waals surface area contributed by atoms with Crippen molar-refractivity contribution >= 4 is 11.6 Å². The molecule has 0 saturated heterocycles. The van der Waals surface area contributed by atoms with Crippen LogP contribution in [0.4, 0.5) is 10.1 Å². The Balaban J connectivity index is 2.20. The van der Waals surface area contributed by atoms with Crippen LogP contribution in [0.5, 0.6) is 0 Å². The molecule has 106 valence electrons. The van der Waals surface area contributed by atoms with E-state index in [9.17, 15) is 9.18 Å². The summed E-state index contributed by atoms with van der Waals surface area (Å²) < 4.78 is 15.2. The number of carbonyl (C=O) groups excluding carboxylic acids is 1. The number of nitrogens with one attached hydrogen (secondary N) is 1. The van der Waals surface area contributed by atoms with E-state index in [1.165, 1.54) is 16.9 Å². The van der Waals surface area contributed by atoms with Crippen molar-refractivity contribution in [1.82, 2.24) is 15.1 Å². The van der Waals surface area contributed by atoms with Crippen molar-refractivity contribution in [2.75, 3.05) is 5.73 Å². The molecule has 1 aromatic carbocycles. The van der Waals surface area contributed by atoms with E-state index >= 15 is 0 Å². The lowest BCUT2D eigenvalue weighted by atomic mass is 10.1. The maximum Gasteiger partial charge on any atom is 0.272 e. The number of anilines is 1. The molecule has 1 unspecified atom stereocenters. The number of carbonyl (C=O) groups is 1. The summed E-state index contributed by atoms with van der Waals surface area (Å²) in [7, 11) is 0. The van der Waals surface area contributed by atoms with Crippen molar-refractivity contribution in [1.29, 1.82) is 0 Å². The van der Waals surface area contributed by atoms with Gasteiger partial charge in [-0.05, 0) is 19.9 Å². The lowest BCUT2D eigenvalue weighted by Crippen LogP contribution is -2.30. The normalized spacial score (nSPS) is 12.2. The van der Waals surface area contributed by atoms with Crippen molar-refractivity contribution in [3.8, 4) is 0 Å². The number of amides is 1. The highest BCUT2D eigenvalue weighted by atomic mass is 19.1. The number of nitrogens with zero attached hydrogens (tertiary/aromatic N) is 2. The quantitative estimate of drug-likeness (QED) is 0.898. The van der Waals surface area contributed by atoms with Crippen LogP contribution in [0.1, 0.15) is 35.9 Å². The molecule has 1 atom stereocenters. The van der Waals surface area contributed by atoms with E-state index in [1.807, 2.05) is 6.92 Å². The summed E-state index contributed by atoms with van der Waals surface area (Å²) in [4.78, 5) is 12.2. The second kappa shape index (κ2) is 5.73. The summed E-state index contributed by atoms with van der Waals surface area (Å²) >= 11 is 0. The van der Waals surface area contributed by atoms with Crippen LogP contribution in [-0.4, -0.2) is 15.7 Å². The van der Waals surface area contributed by atoms with Crippen molar-refractivity contribution in [3.05, 3.63) is 47.5 Å². The third kappa shape index (κ3) is 2.64. The number of nitrogen functional groups attached to an aromatic ring is 1. The number of hydrogen-bond donors (Lipinski definition) is 2. The van der Waals surface area contributed by atoms with Crippen LogP contribution in [0, 0.1) is 5.82 Å². The Hall–Kier alpha value is -2.37. The van der Waals surface area contributed by atoms with Gasteiger partial charge in [0.15, 0.2) is 0 Å². The lowest BCUT2D eigenvalue weighted by molar-refractivity contribution is 0.0929. The van der Waals surface area contributed by atoms with Gasteiger partial charge in [0.25, 0.3) is 5.91 Å². The minimum atomic E-state index is -0.455. The van der Waals surface area contributed by atoms with Gasteiger partial charge in [-0.2, -0.15) is 5.10 Å². The number of halogens is 1. The molecule has 1 heterocycles. The van der Waals surface area contributed by atoms with E-state index in [4.69, 9.17) is 5.73 Å². The Kier molecular flexibility index (Phi) is 4.02. The highest BCUT2D eigenvalue weighted by Crippen LogP contribution is 2.18. The third-order valence-electron chi connectivity index (χ3n) is 3.10. The molecule has 0 aliphatic heterocycles. The van der Waals surface area contributed by atoms with Gasteiger partial charge in [-0.3, -0.25) is 9.48 Å². The molecule has 5 nitrogen and oxygen atoms in total. The number of rotatable bonds is 4. The van der Waals surface area contributed by atoms with Crippen LogP contribution in [0.15, 0.2) is 30.5 Å². The van der Waals surface area contributed by atoms with Gasteiger partial charge in [0.2, 0.25) is 0 Å². The molecule has 20 heavy (non-hydrogen) atoms. The maximum absolute atomic E-state index is 13.7. The fourth-order valence-electron chi connectivity index (χ4n) is 2.06. The first-order chi connectivity index (χ1) is 9.54. The molecule has 1 aromatic heterocycles. The SMILES string of the molecule is CCn1ncc(N)c1C(=O)NC(C)c1ccccc1F. The van der Waals surface area contributed by atoms with Crippen molar-refractivity contribution in [2.24, 2.45) is 0 Å². The zero-order valence-corrected chi connectivity index (χ0v) is 11.4. The second-order valence-corrected chi connectivity index (χ2v) is 4.48. The first-order valence-electron chi connectivity index (χ1n) is 6.41. The molecular formula is C14H17FN4O. The van der Waals surface area contributed by atoms with Gasteiger partial charge in [-0.25, -0.2) is 4.39 Å². The van der Waals surface area contributed by atoms with Crippen LogP contribution in [-0.2, 0) is 6.54 Å². The van der Waals surface area contributed by atoms with Gasteiger partial charge in [-0.15, -0.1) is 0 Å². The summed E-state index contributed by atoms with van der Waals surface area (Å²) in [6.07, 6.45) is 1.44. The Bertz CT molecular complexity index is 623. The van der Waals surface area contributed by atoms with Gasteiger partial charge >= 0.3 is 0 Å². The molecule has 6 heteroatoms. The molecule has 0 radical (unpaired) electrons. The highest BCUT2D eigenvalue weighted by molar-refractivity contribution is 5.97. The summed E-state index contributed by atoms with van der Waals surface area (Å²) in [6.45, 7) is 4.12. The zero-order valence-electron chi connectivity index (χ0n) is 11.4. The maximum atomic E-state index is 13.7. The van der Waals surface area contributed by atoms with Crippen molar-refractivity contribution < 1.29 is 9.18 Å². The summed E-state index contributed by atoms with van der Waals surface area (Å²) in [5.74, 6) is -0.713. The van der Waals surface area contributed by atoms with Gasteiger partial charge in [0.05, 0.1) is 17.9 Å². The van der Waals surface area contributed by atoms with Crippen molar-refractivity contribution in [3.63, 3.8) is 0 Å². The molecule has 2 aromatic rings. The van der Waals surface area contributed by atoms with E-state index < -0.39 is 6.04 Å². The first-order valence-corrected chi connectivity index (χ1v) is 6.41. The van der Waals surface area contributed by atoms with Gasteiger partial charge in [-0.1, -0.05) is 18.2 Å². The first kappa shape index (κ1) is 14.0. The summed E-state index contributed by atoms with van der Waals surface area (Å²) in [5, 5.41) is 6.74. The van der Waals surface area contributed by atoms with Crippen molar-refractivity contribution in [2.45, 2.75) is 26.4 Å². The average Bonchev–Trinajstić information content (AvgIpc) is 2.80. The van der Waals surface area contributed by atoms with E-state index in [1.54, 1.807) is 25.1 Å². The van der Waals surface area contributed by atoms with Crippen LogP contribution < -0.4 is 11.1 Å². The molecule has 2 rings (SSSR count). The molecule has 0 aliphatic carbocycles. The average molecular weight is 276 g/mol. The van der Waals surface area contributed by atoms with Crippen LogP contribution in [0.25, 0.3) is 0 Å². The van der Waals surface area contributed by atoms with Gasteiger partial charge in [0, 0.05) is 12.1 Å². The minimum absolute atomic E-state index is 0.302. The Morgan fingerprint density at radius 3 is 2.85 bits per heavy atom. The molecule has 1 amide bonds. The third-order valence-corrected chi connectivity index (χ3v) is 3.10. The van der Waals surface area contributed by atoms with Crippen LogP contribution in [0.3, 0.4) is 0 Å². The molecule has 3 N–H and O–H groups in total.